The molecule has 2 saturated heterocycles. The third kappa shape index (κ3) is 5.31. The molecule has 0 aromatic rings. The van der Waals surface area contributed by atoms with E-state index in [4.69, 9.17) is 4.74 Å². The van der Waals surface area contributed by atoms with Crippen molar-refractivity contribution in [1.29, 1.82) is 0 Å². The molecule has 0 aromatic carbocycles. The van der Waals surface area contributed by atoms with Crippen LogP contribution in [0.15, 0.2) is 0 Å². The summed E-state index contributed by atoms with van der Waals surface area (Å²) in [6.07, 6.45) is -12.3. The number of ether oxygens (including phenoxy) is 1. The first-order valence-electron chi connectivity index (χ1n) is 8.90. The molecule has 0 spiro atoms. The molecule has 0 atom stereocenters. The second-order valence-electron chi connectivity index (χ2n) is 7.31. The molecule has 0 saturated carbocycles. The van der Waals surface area contributed by atoms with Gasteiger partial charge in [-0.2, -0.15) is 26.3 Å². The van der Waals surface area contributed by atoms with Crippen LogP contribution in [-0.4, -0.2) is 94.8 Å². The Morgan fingerprint density at radius 1 is 0.724 bits per heavy atom. The minimum absolute atomic E-state index is 0.325. The molecule has 2 rings (SSSR count). The van der Waals surface area contributed by atoms with Gasteiger partial charge in [0.15, 0.2) is 11.2 Å². The molecule has 2 aliphatic rings. The first-order chi connectivity index (χ1) is 13.2. The van der Waals surface area contributed by atoms with E-state index in [2.05, 4.69) is 0 Å². The van der Waals surface area contributed by atoms with Crippen LogP contribution in [0, 0.1) is 0 Å². The maximum atomic E-state index is 12.7. The number of rotatable bonds is 4. The Balaban J connectivity index is 1.71. The van der Waals surface area contributed by atoms with Gasteiger partial charge in [-0.15, -0.1) is 0 Å². The van der Waals surface area contributed by atoms with Gasteiger partial charge in [-0.05, 0) is 0 Å². The summed E-state index contributed by atoms with van der Waals surface area (Å²) in [5.74, 6) is -1.32. The first kappa shape index (κ1) is 23.7. The van der Waals surface area contributed by atoms with Crippen LogP contribution in [0.4, 0.5) is 26.3 Å². The zero-order valence-electron chi connectivity index (χ0n) is 15.4. The number of carbonyl (C=O) groups is 2. The Bertz CT molecular complexity index is 556. The highest BCUT2D eigenvalue weighted by molar-refractivity contribution is 5.80. The van der Waals surface area contributed by atoms with E-state index in [1.807, 2.05) is 0 Å². The van der Waals surface area contributed by atoms with Crippen LogP contribution in [0.1, 0.15) is 25.7 Å². The molecule has 2 amide bonds. The molecule has 29 heavy (non-hydrogen) atoms. The molecule has 2 fully saturated rings. The van der Waals surface area contributed by atoms with Crippen molar-refractivity contribution < 1.29 is 50.9 Å². The lowest BCUT2D eigenvalue weighted by molar-refractivity contribution is -0.272. The van der Waals surface area contributed by atoms with Crippen LogP contribution in [0.5, 0.6) is 0 Å². The van der Waals surface area contributed by atoms with Gasteiger partial charge in [-0.3, -0.25) is 9.59 Å². The molecule has 0 unspecified atom stereocenters. The topological polar surface area (TPSA) is 90.3 Å². The lowest BCUT2D eigenvalue weighted by Crippen LogP contribution is -2.55. The predicted octanol–water partition coefficient (Wildman–Crippen LogP) is 0.835. The zero-order valence-corrected chi connectivity index (χ0v) is 15.4. The highest BCUT2D eigenvalue weighted by Gasteiger charge is 2.55. The van der Waals surface area contributed by atoms with Crippen LogP contribution in [0.2, 0.25) is 0 Å². The summed E-state index contributed by atoms with van der Waals surface area (Å²) in [6.45, 7) is -2.47. The predicted molar refractivity (Wildman–Crippen MR) is 84.5 cm³/mol. The van der Waals surface area contributed by atoms with Crippen molar-refractivity contribution in [2.45, 2.75) is 49.2 Å². The van der Waals surface area contributed by atoms with Crippen molar-refractivity contribution in [2.75, 3.05) is 39.4 Å². The second kappa shape index (κ2) is 8.26. The number of halogens is 6. The molecule has 0 radical (unpaired) electrons. The van der Waals surface area contributed by atoms with Gasteiger partial charge in [-0.25, -0.2) is 0 Å². The summed E-state index contributed by atoms with van der Waals surface area (Å²) in [7, 11) is 0. The first-order valence-corrected chi connectivity index (χ1v) is 8.90. The van der Waals surface area contributed by atoms with E-state index in [0.29, 0.717) is 0 Å². The van der Waals surface area contributed by atoms with Crippen LogP contribution in [0.3, 0.4) is 0 Å². The summed E-state index contributed by atoms with van der Waals surface area (Å²) < 4.78 is 81.4. The number of aliphatic hydroxyl groups is 2. The minimum atomic E-state index is -4.79. The quantitative estimate of drug-likeness (QED) is 0.638. The van der Waals surface area contributed by atoms with Crippen molar-refractivity contribution in [3.05, 3.63) is 0 Å². The second-order valence-corrected chi connectivity index (χ2v) is 7.31. The SMILES string of the molecule is O=C(COCC(=O)N1CCC(O)(C(F)(F)F)CC1)N1CCC(O)(C(F)(F)F)CC1. The van der Waals surface area contributed by atoms with Crippen molar-refractivity contribution in [1.82, 2.24) is 9.80 Å². The molecule has 0 aliphatic carbocycles. The Morgan fingerprint density at radius 3 is 1.24 bits per heavy atom. The van der Waals surface area contributed by atoms with E-state index in [0.717, 1.165) is 9.80 Å². The molecule has 7 nitrogen and oxygen atoms in total. The Kier molecular flexibility index (Phi) is 6.75. The number of carbonyl (C=O) groups excluding carboxylic acids is 2. The van der Waals surface area contributed by atoms with Gasteiger partial charge < -0.3 is 24.7 Å². The van der Waals surface area contributed by atoms with Crippen LogP contribution in [-0.2, 0) is 14.3 Å². The fraction of sp³-hybridized carbons (Fsp3) is 0.875. The lowest BCUT2D eigenvalue weighted by atomic mass is 9.91. The van der Waals surface area contributed by atoms with Gasteiger partial charge in [0.25, 0.3) is 0 Å². The number of nitrogens with zero attached hydrogens (tertiary/aromatic N) is 2. The Hall–Kier alpha value is -1.60. The molecule has 168 valence electrons. The number of amides is 2. The van der Waals surface area contributed by atoms with E-state index in [1.165, 1.54) is 0 Å². The lowest BCUT2D eigenvalue weighted by Gasteiger charge is -2.39. The third-order valence-electron chi connectivity index (χ3n) is 5.39. The average Bonchev–Trinajstić information content (AvgIpc) is 2.61. The molecule has 0 aromatic heterocycles. The Morgan fingerprint density at radius 2 is 1.00 bits per heavy atom. The van der Waals surface area contributed by atoms with Crippen molar-refractivity contribution in [3.8, 4) is 0 Å². The maximum absolute atomic E-state index is 12.7. The highest BCUT2D eigenvalue weighted by Crippen LogP contribution is 2.39. The van der Waals surface area contributed by atoms with Gasteiger partial charge in [0, 0.05) is 51.9 Å². The number of alkyl halides is 6. The minimum Gasteiger partial charge on any atom is -0.380 e. The summed E-state index contributed by atoms with van der Waals surface area (Å²) >= 11 is 0. The summed E-state index contributed by atoms with van der Waals surface area (Å²) in [6, 6.07) is 0. The summed E-state index contributed by atoms with van der Waals surface area (Å²) in [4.78, 5) is 26.1. The van der Waals surface area contributed by atoms with E-state index in [-0.39, 0.29) is 26.2 Å². The molecule has 13 heteroatoms. The average molecular weight is 436 g/mol. The monoisotopic (exact) mass is 436 g/mol. The third-order valence-corrected chi connectivity index (χ3v) is 5.39. The number of likely N-dealkylation sites (tertiary alicyclic amines) is 2. The zero-order chi connectivity index (χ0) is 22.1. The molecule has 2 N–H and O–H groups in total. The maximum Gasteiger partial charge on any atom is 0.417 e. The standard InChI is InChI=1S/C16H22F6N2O5/c17-15(18,19)13(27)1-5-23(6-2-13)11(25)9-29-10-12(26)24-7-3-14(28,4-8-24)16(20,21)22/h27-28H,1-10H2. The van der Waals surface area contributed by atoms with Gasteiger partial charge in [0.1, 0.15) is 13.2 Å². The van der Waals surface area contributed by atoms with Crippen molar-refractivity contribution >= 4 is 11.8 Å². The fourth-order valence-electron chi connectivity index (χ4n) is 3.23. The number of hydrogen-bond donors (Lipinski definition) is 2. The fourth-order valence-corrected chi connectivity index (χ4v) is 3.23. The van der Waals surface area contributed by atoms with E-state index >= 15 is 0 Å². The summed E-state index contributed by atoms with van der Waals surface area (Å²) in [5.41, 5.74) is -5.68. The smallest absolute Gasteiger partial charge is 0.380 e. The van der Waals surface area contributed by atoms with Crippen LogP contribution in [0.25, 0.3) is 0 Å². The van der Waals surface area contributed by atoms with Crippen LogP contribution < -0.4 is 0 Å². The molecule has 2 aliphatic heterocycles. The number of hydrogen-bond acceptors (Lipinski definition) is 5. The number of piperidine rings is 2. The van der Waals surface area contributed by atoms with Crippen molar-refractivity contribution in [2.24, 2.45) is 0 Å². The van der Waals surface area contributed by atoms with Gasteiger partial charge in [0.2, 0.25) is 11.8 Å². The Labute approximate surface area is 162 Å². The largest absolute Gasteiger partial charge is 0.417 e. The highest BCUT2D eigenvalue weighted by atomic mass is 19.4. The van der Waals surface area contributed by atoms with E-state index < -0.39 is 74.3 Å². The van der Waals surface area contributed by atoms with Crippen LogP contribution >= 0.6 is 0 Å². The van der Waals surface area contributed by atoms with E-state index in [1.54, 1.807) is 0 Å². The summed E-state index contributed by atoms with van der Waals surface area (Å²) in [5, 5.41) is 19.1. The molecular weight excluding hydrogens is 414 g/mol. The van der Waals surface area contributed by atoms with Gasteiger partial charge in [0.05, 0.1) is 0 Å². The van der Waals surface area contributed by atoms with Crippen molar-refractivity contribution in [3.63, 3.8) is 0 Å². The van der Waals surface area contributed by atoms with E-state index in [9.17, 15) is 46.1 Å². The molecular formula is C16H22F6N2O5. The normalized spacial score (nSPS) is 22.5. The van der Waals surface area contributed by atoms with Gasteiger partial charge >= 0.3 is 12.4 Å². The molecule has 2 heterocycles. The van der Waals surface area contributed by atoms with Gasteiger partial charge in [-0.1, -0.05) is 0 Å². The molecule has 0 bridgehead atoms.